The second kappa shape index (κ2) is 7.33. The fourth-order valence-electron chi connectivity index (χ4n) is 3.96. The van der Waals surface area contributed by atoms with E-state index in [1.165, 1.54) is 33.1 Å². The molecule has 0 radical (unpaired) electrons. The van der Waals surface area contributed by atoms with Crippen molar-refractivity contribution in [2.24, 2.45) is 5.73 Å². The Hall–Kier alpha value is -3.78. The summed E-state index contributed by atoms with van der Waals surface area (Å²) in [7, 11) is 0. The third-order valence-electron chi connectivity index (χ3n) is 5.44. The number of fused-ring (bicyclic) bond motifs is 3. The summed E-state index contributed by atoms with van der Waals surface area (Å²) in [5.41, 5.74) is 13.0. The third kappa shape index (κ3) is 3.19. The molecule has 0 unspecified atom stereocenters. The minimum atomic E-state index is 0.814. The van der Waals surface area contributed by atoms with Gasteiger partial charge in [-0.25, -0.2) is 0 Å². The molecule has 2 N–H and O–H groups in total. The fraction of sp³-hybridized carbons (Fsp3) is 0.0370. The standard InChI is InChI=1S/C27H22N2/c28-25(21-8-2-1-3-9-21)19-16-20-14-17-22(18-15-20)29-26-12-6-4-10-23(26)24-11-5-7-13-27(24)29/h1-15,17-19H,16,28H2/b25-19-. The van der Waals surface area contributed by atoms with Crippen molar-refractivity contribution in [2.75, 3.05) is 0 Å². The van der Waals surface area contributed by atoms with E-state index in [2.05, 4.69) is 83.4 Å². The number of aromatic nitrogens is 1. The van der Waals surface area contributed by atoms with Crippen molar-refractivity contribution in [1.82, 2.24) is 4.57 Å². The van der Waals surface area contributed by atoms with E-state index in [0.717, 1.165) is 17.7 Å². The average molecular weight is 374 g/mol. The number of benzene rings is 4. The Bertz CT molecular complexity index is 1260. The lowest BCUT2D eigenvalue weighted by Gasteiger charge is -2.09. The highest BCUT2D eigenvalue weighted by atomic mass is 15.0. The lowest BCUT2D eigenvalue weighted by Crippen LogP contribution is -1.97. The summed E-state index contributed by atoms with van der Waals surface area (Å²) in [6.45, 7) is 0. The first-order valence-corrected chi connectivity index (χ1v) is 9.90. The highest BCUT2D eigenvalue weighted by molar-refractivity contribution is 6.09. The molecular formula is C27H22N2. The number of nitrogens with two attached hydrogens (primary N) is 1. The Balaban J connectivity index is 1.49. The molecule has 0 bridgehead atoms. The summed E-state index contributed by atoms with van der Waals surface area (Å²) >= 11 is 0. The maximum absolute atomic E-state index is 6.23. The first-order valence-electron chi connectivity index (χ1n) is 9.90. The van der Waals surface area contributed by atoms with Crippen molar-refractivity contribution in [3.8, 4) is 5.69 Å². The predicted octanol–water partition coefficient (Wildman–Crippen LogP) is 6.33. The molecule has 0 saturated carbocycles. The van der Waals surface area contributed by atoms with Gasteiger partial charge in [0.05, 0.1) is 11.0 Å². The summed E-state index contributed by atoms with van der Waals surface area (Å²) in [6, 6.07) is 36.0. The first kappa shape index (κ1) is 17.3. The van der Waals surface area contributed by atoms with Crippen LogP contribution in [0.15, 0.2) is 109 Å². The molecule has 0 spiro atoms. The van der Waals surface area contributed by atoms with Gasteiger partial charge in [0.25, 0.3) is 0 Å². The summed E-state index contributed by atoms with van der Waals surface area (Å²) in [5.74, 6) is 0. The van der Waals surface area contributed by atoms with E-state index in [4.69, 9.17) is 5.73 Å². The highest BCUT2D eigenvalue weighted by Crippen LogP contribution is 2.31. The molecule has 2 nitrogen and oxygen atoms in total. The second-order valence-electron chi connectivity index (χ2n) is 7.27. The molecule has 5 rings (SSSR count). The van der Waals surface area contributed by atoms with E-state index < -0.39 is 0 Å². The SMILES string of the molecule is N/C(=C\Cc1ccc(-n2c3ccccc3c3ccccc32)cc1)c1ccccc1. The van der Waals surface area contributed by atoms with Gasteiger partial charge in [-0.15, -0.1) is 0 Å². The minimum absolute atomic E-state index is 0.814. The molecule has 4 aromatic carbocycles. The van der Waals surface area contributed by atoms with Crippen LogP contribution in [0.4, 0.5) is 0 Å². The van der Waals surface area contributed by atoms with Crippen molar-refractivity contribution in [3.63, 3.8) is 0 Å². The lowest BCUT2D eigenvalue weighted by molar-refractivity contribution is 1.16. The van der Waals surface area contributed by atoms with Crippen LogP contribution in [-0.2, 0) is 6.42 Å². The first-order chi connectivity index (χ1) is 14.3. The zero-order chi connectivity index (χ0) is 19.6. The van der Waals surface area contributed by atoms with Crippen LogP contribution in [0, 0.1) is 0 Å². The van der Waals surface area contributed by atoms with Gasteiger partial charge in [0, 0.05) is 22.2 Å². The Kier molecular flexibility index (Phi) is 4.38. The number of allylic oxidation sites excluding steroid dienone is 1. The summed E-state index contributed by atoms with van der Waals surface area (Å²) in [5, 5.41) is 2.57. The van der Waals surface area contributed by atoms with E-state index in [0.29, 0.717) is 0 Å². The molecule has 0 atom stereocenters. The Morgan fingerprint density at radius 2 is 1.21 bits per heavy atom. The predicted molar refractivity (Wildman–Crippen MR) is 123 cm³/mol. The van der Waals surface area contributed by atoms with Gasteiger partial charge in [-0.3, -0.25) is 0 Å². The molecule has 1 aromatic heterocycles. The molecule has 0 saturated heterocycles. The normalized spacial score (nSPS) is 11.9. The topological polar surface area (TPSA) is 30.9 Å². The van der Waals surface area contributed by atoms with Crippen LogP contribution in [0.3, 0.4) is 0 Å². The number of nitrogens with zero attached hydrogens (tertiary/aromatic N) is 1. The van der Waals surface area contributed by atoms with E-state index in [-0.39, 0.29) is 0 Å². The van der Waals surface area contributed by atoms with Gasteiger partial charge in [0.15, 0.2) is 0 Å². The van der Waals surface area contributed by atoms with Gasteiger partial charge in [-0.05, 0) is 41.8 Å². The van der Waals surface area contributed by atoms with Crippen LogP contribution < -0.4 is 5.73 Å². The number of hydrogen-bond donors (Lipinski definition) is 1. The van der Waals surface area contributed by atoms with Gasteiger partial charge in [-0.2, -0.15) is 0 Å². The highest BCUT2D eigenvalue weighted by Gasteiger charge is 2.10. The molecule has 0 aliphatic carbocycles. The Morgan fingerprint density at radius 1 is 0.655 bits per heavy atom. The molecule has 1 heterocycles. The molecule has 29 heavy (non-hydrogen) atoms. The molecule has 0 aliphatic rings. The second-order valence-corrected chi connectivity index (χ2v) is 7.27. The minimum Gasteiger partial charge on any atom is -0.398 e. The average Bonchev–Trinajstić information content (AvgIpc) is 3.13. The van der Waals surface area contributed by atoms with Crippen LogP contribution in [0.2, 0.25) is 0 Å². The Labute approximate surface area is 170 Å². The zero-order valence-corrected chi connectivity index (χ0v) is 16.1. The molecule has 140 valence electrons. The van der Waals surface area contributed by atoms with E-state index >= 15 is 0 Å². The monoisotopic (exact) mass is 374 g/mol. The molecule has 0 fully saturated rings. The van der Waals surface area contributed by atoms with Crippen LogP contribution in [0.5, 0.6) is 0 Å². The van der Waals surface area contributed by atoms with Crippen LogP contribution >= 0.6 is 0 Å². The van der Waals surface area contributed by atoms with Crippen molar-refractivity contribution in [1.29, 1.82) is 0 Å². The smallest absolute Gasteiger partial charge is 0.0541 e. The number of rotatable bonds is 4. The maximum atomic E-state index is 6.23. The van der Waals surface area contributed by atoms with Gasteiger partial charge in [-0.1, -0.05) is 84.9 Å². The largest absolute Gasteiger partial charge is 0.398 e. The number of para-hydroxylation sites is 2. The fourth-order valence-corrected chi connectivity index (χ4v) is 3.96. The van der Waals surface area contributed by atoms with E-state index in [1.54, 1.807) is 0 Å². The van der Waals surface area contributed by atoms with Crippen LogP contribution in [-0.4, -0.2) is 4.57 Å². The maximum Gasteiger partial charge on any atom is 0.0541 e. The van der Waals surface area contributed by atoms with Gasteiger partial charge < -0.3 is 10.3 Å². The molecule has 0 amide bonds. The molecular weight excluding hydrogens is 352 g/mol. The van der Waals surface area contributed by atoms with Gasteiger partial charge >= 0.3 is 0 Å². The quantitative estimate of drug-likeness (QED) is 0.392. The summed E-state index contributed by atoms with van der Waals surface area (Å²) in [6.07, 6.45) is 2.90. The van der Waals surface area contributed by atoms with Crippen molar-refractivity contribution >= 4 is 27.5 Å². The van der Waals surface area contributed by atoms with Crippen molar-refractivity contribution < 1.29 is 0 Å². The van der Waals surface area contributed by atoms with Crippen molar-refractivity contribution in [2.45, 2.75) is 6.42 Å². The molecule has 5 aromatic rings. The number of hydrogen-bond acceptors (Lipinski definition) is 1. The molecule has 2 heteroatoms. The van der Waals surface area contributed by atoms with E-state index in [9.17, 15) is 0 Å². The zero-order valence-electron chi connectivity index (χ0n) is 16.1. The third-order valence-corrected chi connectivity index (χ3v) is 5.44. The van der Waals surface area contributed by atoms with Crippen LogP contribution in [0.25, 0.3) is 33.2 Å². The van der Waals surface area contributed by atoms with Gasteiger partial charge in [0.2, 0.25) is 0 Å². The van der Waals surface area contributed by atoms with Crippen LogP contribution in [0.1, 0.15) is 11.1 Å². The summed E-state index contributed by atoms with van der Waals surface area (Å²) in [4.78, 5) is 0. The van der Waals surface area contributed by atoms with Gasteiger partial charge in [0.1, 0.15) is 0 Å². The molecule has 0 aliphatic heterocycles. The van der Waals surface area contributed by atoms with Crippen molar-refractivity contribution in [3.05, 3.63) is 120 Å². The lowest BCUT2D eigenvalue weighted by atomic mass is 10.1. The summed E-state index contributed by atoms with van der Waals surface area (Å²) < 4.78 is 2.34. The van der Waals surface area contributed by atoms with E-state index in [1.807, 2.05) is 30.3 Å². The Morgan fingerprint density at radius 3 is 1.83 bits per heavy atom.